The maximum Gasteiger partial charge on any atom is 0.236 e. The predicted octanol–water partition coefficient (Wildman–Crippen LogP) is 4.79. The van der Waals surface area contributed by atoms with Crippen molar-refractivity contribution in [2.45, 2.75) is 50.2 Å². The summed E-state index contributed by atoms with van der Waals surface area (Å²) in [6.45, 7) is 8.74. The van der Waals surface area contributed by atoms with E-state index < -0.39 is 0 Å². The third kappa shape index (κ3) is 5.07. The first-order chi connectivity index (χ1) is 13.8. The van der Waals surface area contributed by atoms with Gasteiger partial charge in [-0.1, -0.05) is 72.4 Å². The molecule has 0 unspecified atom stereocenters. The second-order valence-electron chi connectivity index (χ2n) is 8.07. The van der Waals surface area contributed by atoms with Gasteiger partial charge in [0.1, 0.15) is 0 Å². The molecule has 2 aromatic carbocycles. The Morgan fingerprint density at radius 1 is 1.03 bits per heavy atom. The second kappa shape index (κ2) is 8.82. The molecule has 1 atom stereocenters. The van der Waals surface area contributed by atoms with E-state index in [1.807, 2.05) is 72.0 Å². The van der Waals surface area contributed by atoms with Crippen molar-refractivity contribution in [3.05, 3.63) is 66.2 Å². The number of rotatable bonds is 6. The molecule has 6 heteroatoms. The first-order valence-corrected chi connectivity index (χ1v) is 10.6. The van der Waals surface area contributed by atoms with E-state index in [2.05, 4.69) is 43.1 Å². The number of amides is 1. The van der Waals surface area contributed by atoms with E-state index in [0.29, 0.717) is 6.54 Å². The summed E-state index contributed by atoms with van der Waals surface area (Å²) < 4.78 is 1.95. The quantitative estimate of drug-likeness (QED) is 0.550. The van der Waals surface area contributed by atoms with Crippen LogP contribution in [0, 0.1) is 0 Å². The zero-order chi connectivity index (χ0) is 21.0. The summed E-state index contributed by atoms with van der Waals surface area (Å²) in [5, 5.41) is 9.11. The molecule has 0 aliphatic rings. The average Bonchev–Trinajstić information content (AvgIpc) is 3.06. The molecule has 0 aliphatic carbocycles. The third-order valence-corrected chi connectivity index (χ3v) is 5.88. The summed E-state index contributed by atoms with van der Waals surface area (Å²) in [4.78, 5) is 15.3. The largest absolute Gasteiger partial charge is 0.333 e. The van der Waals surface area contributed by atoms with E-state index in [-0.39, 0.29) is 16.7 Å². The van der Waals surface area contributed by atoms with Crippen LogP contribution >= 0.6 is 11.8 Å². The molecule has 1 amide bonds. The van der Waals surface area contributed by atoms with Gasteiger partial charge in [-0.3, -0.25) is 4.79 Å². The van der Waals surface area contributed by atoms with Crippen molar-refractivity contribution < 1.29 is 4.79 Å². The molecule has 0 saturated heterocycles. The molecule has 0 aliphatic heterocycles. The topological polar surface area (TPSA) is 51.0 Å². The Hall–Kier alpha value is -2.60. The Morgan fingerprint density at radius 2 is 1.62 bits per heavy atom. The Labute approximate surface area is 177 Å². The fraction of sp³-hybridized carbons (Fsp3) is 0.348. The van der Waals surface area contributed by atoms with Crippen LogP contribution in [0.4, 0.5) is 0 Å². The molecule has 0 fully saturated rings. The zero-order valence-corrected chi connectivity index (χ0v) is 18.5. The zero-order valence-electron chi connectivity index (χ0n) is 17.7. The Balaban J connectivity index is 1.77. The lowest BCUT2D eigenvalue weighted by molar-refractivity contribution is -0.135. The molecule has 0 bridgehead atoms. The summed E-state index contributed by atoms with van der Waals surface area (Å²) in [6.07, 6.45) is 0. The molecule has 3 aromatic rings. The Morgan fingerprint density at radius 3 is 2.21 bits per heavy atom. The van der Waals surface area contributed by atoms with Gasteiger partial charge in [-0.05, 0) is 33.3 Å². The van der Waals surface area contributed by atoms with Gasteiger partial charge in [-0.15, -0.1) is 10.2 Å². The molecule has 0 N–H and O–H groups in total. The highest BCUT2D eigenvalue weighted by atomic mass is 32.2. The monoisotopic (exact) mass is 408 g/mol. The predicted molar refractivity (Wildman–Crippen MR) is 119 cm³/mol. The average molecular weight is 409 g/mol. The molecule has 0 spiro atoms. The standard InChI is InChI=1S/C23H28N4OS/c1-17(21(28)27(23(2,3)4)16-18-12-8-6-9-13-18)29-22-25-24-20(26(22)5)19-14-10-7-11-15-19/h6-15,17H,16H2,1-5H3/t17-/m0/s1. The Bertz CT molecular complexity index is 948. The number of thioether (sulfide) groups is 1. The van der Waals surface area contributed by atoms with E-state index in [1.165, 1.54) is 11.8 Å². The van der Waals surface area contributed by atoms with E-state index in [0.717, 1.165) is 22.1 Å². The number of carbonyl (C=O) groups is 1. The first-order valence-electron chi connectivity index (χ1n) is 9.74. The number of hydrogen-bond acceptors (Lipinski definition) is 4. The SMILES string of the molecule is C[C@H](Sc1nnc(-c2ccccc2)n1C)C(=O)N(Cc1ccccc1)C(C)(C)C. The van der Waals surface area contributed by atoms with E-state index >= 15 is 0 Å². The minimum absolute atomic E-state index is 0.0932. The van der Waals surface area contributed by atoms with Crippen LogP contribution < -0.4 is 0 Å². The summed E-state index contributed by atoms with van der Waals surface area (Å²) in [5.41, 5.74) is 1.85. The number of hydrogen-bond donors (Lipinski definition) is 0. The van der Waals surface area contributed by atoms with Crippen LogP contribution in [0.25, 0.3) is 11.4 Å². The fourth-order valence-corrected chi connectivity index (χ4v) is 3.97. The number of nitrogens with zero attached hydrogens (tertiary/aromatic N) is 4. The number of aromatic nitrogens is 3. The van der Waals surface area contributed by atoms with E-state index in [9.17, 15) is 4.79 Å². The molecule has 152 valence electrons. The minimum atomic E-state index is -0.281. The van der Waals surface area contributed by atoms with Crippen molar-refractivity contribution >= 4 is 17.7 Å². The van der Waals surface area contributed by atoms with Gasteiger partial charge in [0.05, 0.1) is 5.25 Å². The lowest BCUT2D eigenvalue weighted by Crippen LogP contribution is -2.48. The van der Waals surface area contributed by atoms with Crippen LogP contribution in [-0.2, 0) is 18.4 Å². The summed E-state index contributed by atoms with van der Waals surface area (Å²) in [5.74, 6) is 0.889. The van der Waals surface area contributed by atoms with Gasteiger partial charge in [0.25, 0.3) is 0 Å². The van der Waals surface area contributed by atoms with E-state index in [1.54, 1.807) is 0 Å². The third-order valence-electron chi connectivity index (χ3n) is 4.76. The maximum absolute atomic E-state index is 13.3. The van der Waals surface area contributed by atoms with Crippen LogP contribution in [0.3, 0.4) is 0 Å². The van der Waals surface area contributed by atoms with Gasteiger partial charge in [-0.2, -0.15) is 0 Å². The highest BCUT2D eigenvalue weighted by molar-refractivity contribution is 8.00. The normalized spacial score (nSPS) is 12.6. The second-order valence-corrected chi connectivity index (χ2v) is 9.38. The smallest absolute Gasteiger partial charge is 0.236 e. The first kappa shape index (κ1) is 21.1. The van der Waals surface area contributed by atoms with Crippen LogP contribution in [0.1, 0.15) is 33.3 Å². The van der Waals surface area contributed by atoms with Crippen LogP contribution in [-0.4, -0.2) is 36.4 Å². The molecule has 1 heterocycles. The maximum atomic E-state index is 13.3. The highest BCUT2D eigenvalue weighted by Gasteiger charge is 2.31. The van der Waals surface area contributed by atoms with Crippen molar-refractivity contribution in [2.75, 3.05) is 0 Å². The molecule has 3 rings (SSSR count). The highest BCUT2D eigenvalue weighted by Crippen LogP contribution is 2.28. The van der Waals surface area contributed by atoms with Crippen molar-refractivity contribution in [3.8, 4) is 11.4 Å². The van der Waals surface area contributed by atoms with Crippen molar-refractivity contribution in [1.29, 1.82) is 0 Å². The number of carbonyl (C=O) groups excluding carboxylic acids is 1. The van der Waals surface area contributed by atoms with Gasteiger partial charge in [-0.25, -0.2) is 0 Å². The summed E-state index contributed by atoms with van der Waals surface area (Å²) in [7, 11) is 1.94. The molecule has 0 saturated carbocycles. The van der Waals surface area contributed by atoms with Gasteiger partial charge < -0.3 is 9.47 Å². The molecule has 0 radical (unpaired) electrons. The molecular weight excluding hydrogens is 380 g/mol. The van der Waals surface area contributed by atoms with Gasteiger partial charge in [0, 0.05) is 24.7 Å². The van der Waals surface area contributed by atoms with Crippen LogP contribution in [0.5, 0.6) is 0 Å². The van der Waals surface area contributed by atoms with Crippen LogP contribution in [0.15, 0.2) is 65.8 Å². The van der Waals surface area contributed by atoms with Gasteiger partial charge >= 0.3 is 0 Å². The van der Waals surface area contributed by atoms with Crippen molar-refractivity contribution in [2.24, 2.45) is 7.05 Å². The van der Waals surface area contributed by atoms with Crippen molar-refractivity contribution in [1.82, 2.24) is 19.7 Å². The van der Waals surface area contributed by atoms with Crippen LogP contribution in [0.2, 0.25) is 0 Å². The lowest BCUT2D eigenvalue weighted by atomic mass is 10.0. The molecular formula is C23H28N4OS. The molecule has 1 aromatic heterocycles. The molecule has 5 nitrogen and oxygen atoms in total. The van der Waals surface area contributed by atoms with Gasteiger partial charge in [0.15, 0.2) is 11.0 Å². The Kier molecular flexibility index (Phi) is 6.42. The number of benzene rings is 2. The summed E-state index contributed by atoms with van der Waals surface area (Å²) in [6, 6.07) is 20.1. The van der Waals surface area contributed by atoms with E-state index in [4.69, 9.17) is 0 Å². The molecule has 29 heavy (non-hydrogen) atoms. The summed E-state index contributed by atoms with van der Waals surface area (Å²) >= 11 is 1.45. The van der Waals surface area contributed by atoms with Gasteiger partial charge in [0.2, 0.25) is 5.91 Å². The fourth-order valence-electron chi connectivity index (χ4n) is 3.10. The lowest BCUT2D eigenvalue weighted by Gasteiger charge is -2.37. The minimum Gasteiger partial charge on any atom is -0.333 e. The van der Waals surface area contributed by atoms with Crippen molar-refractivity contribution in [3.63, 3.8) is 0 Å².